The Morgan fingerprint density at radius 3 is 2.50 bits per heavy atom. The highest BCUT2D eigenvalue weighted by Gasteiger charge is 2.13. The predicted octanol–water partition coefficient (Wildman–Crippen LogP) is 5.72. The Bertz CT molecular complexity index is 866. The Hall–Kier alpha value is -2.52. The number of nitrogens with one attached hydrogen (secondary N) is 1. The summed E-state index contributed by atoms with van der Waals surface area (Å²) in [7, 11) is 0. The molecule has 0 spiro atoms. The summed E-state index contributed by atoms with van der Waals surface area (Å²) in [6.45, 7) is 4.03. The molecule has 0 atom stereocenters. The maximum atomic E-state index is 12.3. The lowest BCUT2D eigenvalue weighted by atomic mass is 10.1. The summed E-state index contributed by atoms with van der Waals surface area (Å²) in [5.41, 5.74) is 3.82. The van der Waals surface area contributed by atoms with Gasteiger partial charge in [-0.25, -0.2) is 0 Å². The van der Waals surface area contributed by atoms with Gasteiger partial charge in [0.1, 0.15) is 5.76 Å². The van der Waals surface area contributed by atoms with Crippen LogP contribution in [0.1, 0.15) is 28.6 Å². The van der Waals surface area contributed by atoms with Crippen LogP contribution in [0.25, 0.3) is 11.3 Å². The Kier molecular flexibility index (Phi) is 4.72. The van der Waals surface area contributed by atoms with Gasteiger partial charge in [0.25, 0.3) is 5.91 Å². The average Bonchev–Trinajstić information content (AvgIpc) is 3.08. The molecule has 4 heteroatoms. The van der Waals surface area contributed by atoms with Gasteiger partial charge in [-0.2, -0.15) is 0 Å². The van der Waals surface area contributed by atoms with Crippen LogP contribution < -0.4 is 5.32 Å². The predicted molar refractivity (Wildman–Crippen MR) is 97.7 cm³/mol. The van der Waals surface area contributed by atoms with Crippen LogP contribution >= 0.6 is 11.6 Å². The number of carbonyl (C=O) groups excluding carboxylic acids is 1. The first-order chi connectivity index (χ1) is 11.6. The van der Waals surface area contributed by atoms with Crippen molar-refractivity contribution in [3.63, 3.8) is 0 Å². The Morgan fingerprint density at radius 1 is 1.08 bits per heavy atom. The summed E-state index contributed by atoms with van der Waals surface area (Å²) < 4.78 is 5.67. The topological polar surface area (TPSA) is 42.2 Å². The molecule has 1 amide bonds. The number of hydrogen-bond acceptors (Lipinski definition) is 2. The van der Waals surface area contributed by atoms with E-state index < -0.39 is 0 Å². The molecule has 24 heavy (non-hydrogen) atoms. The molecular formula is C20H18ClNO2. The highest BCUT2D eigenvalue weighted by Crippen LogP contribution is 2.27. The van der Waals surface area contributed by atoms with Crippen molar-refractivity contribution in [2.24, 2.45) is 0 Å². The van der Waals surface area contributed by atoms with Crippen LogP contribution in [-0.4, -0.2) is 5.91 Å². The summed E-state index contributed by atoms with van der Waals surface area (Å²) >= 11 is 6.14. The third-order valence-corrected chi connectivity index (χ3v) is 4.31. The zero-order chi connectivity index (χ0) is 17.1. The number of carbonyl (C=O) groups is 1. The fourth-order valence-corrected chi connectivity index (χ4v) is 2.56. The van der Waals surface area contributed by atoms with E-state index in [1.54, 1.807) is 12.1 Å². The molecule has 0 bridgehead atoms. The second kappa shape index (κ2) is 6.93. The highest BCUT2D eigenvalue weighted by molar-refractivity contribution is 6.31. The first kappa shape index (κ1) is 16.3. The third kappa shape index (κ3) is 3.52. The largest absolute Gasteiger partial charge is 0.451 e. The Morgan fingerprint density at radius 2 is 1.83 bits per heavy atom. The summed E-state index contributed by atoms with van der Waals surface area (Å²) in [6, 6.07) is 16.9. The van der Waals surface area contributed by atoms with Crippen molar-refractivity contribution >= 4 is 23.2 Å². The third-order valence-electron chi connectivity index (χ3n) is 3.91. The van der Waals surface area contributed by atoms with E-state index >= 15 is 0 Å². The molecule has 0 unspecified atom stereocenters. The maximum absolute atomic E-state index is 12.3. The number of hydrogen-bond donors (Lipinski definition) is 1. The molecule has 0 aliphatic heterocycles. The first-order valence-electron chi connectivity index (χ1n) is 7.83. The van der Waals surface area contributed by atoms with Gasteiger partial charge in [-0.1, -0.05) is 42.8 Å². The molecule has 2 aromatic carbocycles. The quantitative estimate of drug-likeness (QED) is 0.660. The van der Waals surface area contributed by atoms with E-state index in [4.69, 9.17) is 16.0 Å². The van der Waals surface area contributed by atoms with E-state index in [-0.39, 0.29) is 11.7 Å². The van der Waals surface area contributed by atoms with Gasteiger partial charge >= 0.3 is 0 Å². The molecule has 0 saturated heterocycles. The summed E-state index contributed by atoms with van der Waals surface area (Å²) in [5, 5.41) is 3.51. The van der Waals surface area contributed by atoms with Crippen molar-refractivity contribution < 1.29 is 9.21 Å². The van der Waals surface area contributed by atoms with Gasteiger partial charge in [0, 0.05) is 16.3 Å². The van der Waals surface area contributed by atoms with Crippen LogP contribution in [0.15, 0.2) is 59.0 Å². The smallest absolute Gasteiger partial charge is 0.291 e. The van der Waals surface area contributed by atoms with Crippen LogP contribution in [0.4, 0.5) is 5.69 Å². The van der Waals surface area contributed by atoms with E-state index in [1.165, 1.54) is 5.56 Å². The average molecular weight is 340 g/mol. The highest BCUT2D eigenvalue weighted by atomic mass is 35.5. The van der Waals surface area contributed by atoms with E-state index in [2.05, 4.69) is 12.2 Å². The number of rotatable bonds is 4. The second-order valence-corrected chi connectivity index (χ2v) is 6.04. The van der Waals surface area contributed by atoms with Gasteiger partial charge in [-0.05, 0) is 54.8 Å². The second-order valence-electron chi connectivity index (χ2n) is 5.63. The molecule has 0 fully saturated rings. The minimum atomic E-state index is -0.274. The van der Waals surface area contributed by atoms with Gasteiger partial charge in [0.15, 0.2) is 5.76 Å². The number of aryl methyl sites for hydroxylation is 2. The minimum absolute atomic E-state index is 0.265. The fourth-order valence-electron chi connectivity index (χ4n) is 2.38. The summed E-state index contributed by atoms with van der Waals surface area (Å²) in [5.74, 6) is 0.605. The van der Waals surface area contributed by atoms with Crippen LogP contribution in [0.2, 0.25) is 5.02 Å². The normalized spacial score (nSPS) is 10.6. The van der Waals surface area contributed by atoms with Crippen molar-refractivity contribution in [1.82, 2.24) is 0 Å². The van der Waals surface area contributed by atoms with Gasteiger partial charge in [-0.15, -0.1) is 0 Å². The van der Waals surface area contributed by atoms with E-state index in [0.717, 1.165) is 23.2 Å². The summed E-state index contributed by atoms with van der Waals surface area (Å²) in [4.78, 5) is 12.3. The van der Waals surface area contributed by atoms with E-state index in [0.29, 0.717) is 10.8 Å². The van der Waals surface area contributed by atoms with Crippen molar-refractivity contribution in [2.75, 3.05) is 5.32 Å². The molecule has 0 aliphatic carbocycles. The van der Waals surface area contributed by atoms with Crippen molar-refractivity contribution in [3.8, 4) is 11.3 Å². The van der Waals surface area contributed by atoms with Crippen LogP contribution in [0.3, 0.4) is 0 Å². The standard InChI is InChI=1S/C20H18ClNO2/c1-3-14-5-8-16(9-6-14)22-20(23)19-11-10-18(24-19)15-7-4-13(2)17(21)12-15/h4-12H,3H2,1-2H3,(H,22,23). The van der Waals surface area contributed by atoms with E-state index in [1.807, 2.05) is 49.4 Å². The summed E-state index contributed by atoms with van der Waals surface area (Å²) in [6.07, 6.45) is 0.967. The molecule has 0 saturated carbocycles. The molecular weight excluding hydrogens is 322 g/mol. The SMILES string of the molecule is CCc1ccc(NC(=O)c2ccc(-c3ccc(C)c(Cl)c3)o2)cc1. The van der Waals surface area contributed by atoms with Crippen LogP contribution in [0.5, 0.6) is 0 Å². The first-order valence-corrected chi connectivity index (χ1v) is 8.21. The van der Waals surface area contributed by atoms with Gasteiger partial charge in [-0.3, -0.25) is 4.79 Å². The number of furan rings is 1. The van der Waals surface area contributed by atoms with E-state index in [9.17, 15) is 4.79 Å². The molecule has 0 aliphatic rings. The lowest BCUT2D eigenvalue weighted by Gasteiger charge is -2.04. The zero-order valence-corrected chi connectivity index (χ0v) is 14.4. The number of amides is 1. The van der Waals surface area contributed by atoms with Crippen molar-refractivity contribution in [3.05, 3.63) is 76.5 Å². The lowest BCUT2D eigenvalue weighted by molar-refractivity contribution is 0.0997. The molecule has 122 valence electrons. The van der Waals surface area contributed by atoms with Crippen molar-refractivity contribution in [1.29, 1.82) is 0 Å². The number of halogens is 1. The fraction of sp³-hybridized carbons (Fsp3) is 0.150. The zero-order valence-electron chi connectivity index (χ0n) is 13.6. The maximum Gasteiger partial charge on any atom is 0.291 e. The molecule has 0 radical (unpaired) electrons. The van der Waals surface area contributed by atoms with Gasteiger partial charge in [0.2, 0.25) is 0 Å². The van der Waals surface area contributed by atoms with Crippen molar-refractivity contribution in [2.45, 2.75) is 20.3 Å². The molecule has 1 N–H and O–H groups in total. The molecule has 3 nitrogen and oxygen atoms in total. The molecule has 1 heterocycles. The van der Waals surface area contributed by atoms with Gasteiger partial charge in [0.05, 0.1) is 0 Å². The monoisotopic (exact) mass is 339 g/mol. The Balaban J connectivity index is 1.76. The molecule has 3 rings (SSSR count). The molecule has 1 aromatic heterocycles. The minimum Gasteiger partial charge on any atom is -0.451 e. The Labute approximate surface area is 146 Å². The molecule has 3 aromatic rings. The van der Waals surface area contributed by atoms with Gasteiger partial charge < -0.3 is 9.73 Å². The van der Waals surface area contributed by atoms with Crippen LogP contribution in [0, 0.1) is 6.92 Å². The number of anilines is 1. The van der Waals surface area contributed by atoms with Crippen LogP contribution in [-0.2, 0) is 6.42 Å². The lowest BCUT2D eigenvalue weighted by Crippen LogP contribution is -2.10. The number of benzene rings is 2.